The standard InChI is InChI=1S/C20H13NO5S/c1-25-20(24)17-16(12-7-3-5-9-15(12)27-17)21-18(22)13-10-11-6-2-4-8-14(11)26-19(13)23/h2-10H,1H3,(H,21,22). The van der Waals surface area contributed by atoms with Crippen LogP contribution in [0.5, 0.6) is 0 Å². The van der Waals surface area contributed by atoms with Crippen molar-refractivity contribution in [1.82, 2.24) is 0 Å². The summed E-state index contributed by atoms with van der Waals surface area (Å²) in [6, 6.07) is 15.7. The van der Waals surface area contributed by atoms with Crippen molar-refractivity contribution in [3.8, 4) is 0 Å². The zero-order chi connectivity index (χ0) is 19.0. The molecule has 27 heavy (non-hydrogen) atoms. The van der Waals surface area contributed by atoms with E-state index in [1.807, 2.05) is 12.1 Å². The highest BCUT2D eigenvalue weighted by atomic mass is 32.1. The van der Waals surface area contributed by atoms with Gasteiger partial charge in [-0.1, -0.05) is 36.4 Å². The fraction of sp³-hybridized carbons (Fsp3) is 0.0500. The van der Waals surface area contributed by atoms with Gasteiger partial charge in [0, 0.05) is 15.5 Å². The van der Waals surface area contributed by atoms with Crippen LogP contribution in [0.1, 0.15) is 20.0 Å². The minimum absolute atomic E-state index is 0.139. The smallest absolute Gasteiger partial charge is 0.350 e. The largest absolute Gasteiger partial charge is 0.465 e. The molecule has 0 aliphatic rings. The minimum Gasteiger partial charge on any atom is -0.465 e. The van der Waals surface area contributed by atoms with Crippen molar-refractivity contribution < 1.29 is 18.7 Å². The summed E-state index contributed by atoms with van der Waals surface area (Å²) in [4.78, 5) is 37.4. The van der Waals surface area contributed by atoms with Gasteiger partial charge in [-0.3, -0.25) is 4.79 Å². The number of benzene rings is 2. The molecule has 0 atom stereocenters. The molecule has 2 heterocycles. The lowest BCUT2D eigenvalue weighted by atomic mass is 10.1. The molecule has 0 fully saturated rings. The van der Waals surface area contributed by atoms with Gasteiger partial charge in [0.1, 0.15) is 16.0 Å². The molecule has 1 amide bonds. The number of thiophene rings is 1. The second-order valence-electron chi connectivity index (χ2n) is 5.73. The Kier molecular flexibility index (Phi) is 4.21. The van der Waals surface area contributed by atoms with Gasteiger partial charge in [-0.15, -0.1) is 11.3 Å². The van der Waals surface area contributed by atoms with Crippen molar-refractivity contribution >= 4 is 50.0 Å². The van der Waals surface area contributed by atoms with Crippen molar-refractivity contribution in [3.05, 3.63) is 75.5 Å². The monoisotopic (exact) mass is 379 g/mol. The van der Waals surface area contributed by atoms with Gasteiger partial charge >= 0.3 is 11.6 Å². The Labute approximate surface area is 157 Å². The van der Waals surface area contributed by atoms with Crippen molar-refractivity contribution in [3.63, 3.8) is 0 Å². The number of hydrogen-bond acceptors (Lipinski definition) is 6. The predicted molar refractivity (Wildman–Crippen MR) is 104 cm³/mol. The number of hydrogen-bond donors (Lipinski definition) is 1. The molecule has 0 spiro atoms. The Hall–Kier alpha value is -3.45. The summed E-state index contributed by atoms with van der Waals surface area (Å²) in [5, 5.41) is 4.01. The number of para-hydroxylation sites is 1. The highest BCUT2D eigenvalue weighted by Gasteiger charge is 2.22. The van der Waals surface area contributed by atoms with Crippen LogP contribution < -0.4 is 10.9 Å². The summed E-state index contributed by atoms with van der Waals surface area (Å²) in [6.45, 7) is 0. The van der Waals surface area contributed by atoms with Crippen molar-refractivity contribution in [2.45, 2.75) is 0 Å². The van der Waals surface area contributed by atoms with Crippen molar-refractivity contribution in [1.29, 1.82) is 0 Å². The van der Waals surface area contributed by atoms with E-state index >= 15 is 0 Å². The van der Waals surface area contributed by atoms with E-state index in [-0.39, 0.29) is 10.4 Å². The quantitative estimate of drug-likeness (QED) is 0.429. The molecule has 134 valence electrons. The van der Waals surface area contributed by atoms with Crippen LogP contribution in [0.3, 0.4) is 0 Å². The minimum atomic E-state index is -0.745. The van der Waals surface area contributed by atoms with Gasteiger partial charge in [0.25, 0.3) is 5.91 Å². The maximum Gasteiger partial charge on any atom is 0.350 e. The average Bonchev–Trinajstić information content (AvgIpc) is 3.05. The molecule has 0 aliphatic carbocycles. The number of rotatable bonds is 3. The maximum atomic E-state index is 12.8. The topological polar surface area (TPSA) is 85.6 Å². The molecule has 4 aromatic rings. The molecule has 2 aromatic carbocycles. The van der Waals surface area contributed by atoms with E-state index in [0.717, 1.165) is 4.70 Å². The second-order valence-corrected chi connectivity index (χ2v) is 6.79. The third-order valence-corrected chi connectivity index (χ3v) is 5.24. The molecule has 6 nitrogen and oxygen atoms in total. The molecular weight excluding hydrogens is 366 g/mol. The Bertz CT molecular complexity index is 1250. The first kappa shape index (κ1) is 17.0. The molecule has 4 rings (SSSR count). The number of carbonyl (C=O) groups excluding carboxylic acids is 2. The van der Waals surface area contributed by atoms with Crippen molar-refractivity contribution in [2.24, 2.45) is 0 Å². The Morgan fingerprint density at radius 3 is 2.63 bits per heavy atom. The van der Waals surface area contributed by atoms with Crippen LogP contribution in [0.4, 0.5) is 5.69 Å². The fourth-order valence-corrected chi connectivity index (χ4v) is 3.88. The Balaban J connectivity index is 1.80. The molecule has 0 aliphatic heterocycles. The summed E-state index contributed by atoms with van der Waals surface area (Å²) in [5.41, 5.74) is -0.166. The molecule has 0 unspecified atom stereocenters. The number of amides is 1. The summed E-state index contributed by atoms with van der Waals surface area (Å²) in [5.74, 6) is -1.21. The normalized spacial score (nSPS) is 10.9. The average molecular weight is 379 g/mol. The van der Waals surface area contributed by atoms with Crippen molar-refractivity contribution in [2.75, 3.05) is 12.4 Å². The van der Waals surface area contributed by atoms with Gasteiger partial charge in [-0.2, -0.15) is 0 Å². The number of esters is 1. The van der Waals surface area contributed by atoms with Crippen LogP contribution in [0.2, 0.25) is 0 Å². The highest BCUT2D eigenvalue weighted by molar-refractivity contribution is 7.21. The zero-order valence-corrected chi connectivity index (χ0v) is 15.0. The number of anilines is 1. The van der Waals surface area contributed by atoms with Crippen LogP contribution in [0.15, 0.2) is 63.8 Å². The van der Waals surface area contributed by atoms with E-state index in [1.54, 1.807) is 36.4 Å². The summed E-state index contributed by atoms with van der Waals surface area (Å²) in [7, 11) is 1.27. The summed E-state index contributed by atoms with van der Waals surface area (Å²) >= 11 is 1.21. The highest BCUT2D eigenvalue weighted by Crippen LogP contribution is 2.36. The second kappa shape index (κ2) is 6.69. The Morgan fingerprint density at radius 1 is 1.07 bits per heavy atom. The van der Waals surface area contributed by atoms with Crippen LogP contribution in [0, 0.1) is 0 Å². The van der Waals surface area contributed by atoms with E-state index < -0.39 is 17.5 Å². The van der Waals surface area contributed by atoms with E-state index in [9.17, 15) is 14.4 Å². The van der Waals surface area contributed by atoms with Gasteiger partial charge in [0.15, 0.2) is 0 Å². The first-order chi connectivity index (χ1) is 13.1. The lowest BCUT2D eigenvalue weighted by Crippen LogP contribution is -2.21. The number of ether oxygens (including phenoxy) is 1. The lowest BCUT2D eigenvalue weighted by Gasteiger charge is -2.07. The fourth-order valence-electron chi connectivity index (χ4n) is 2.81. The van der Waals surface area contributed by atoms with Gasteiger partial charge in [0.2, 0.25) is 0 Å². The summed E-state index contributed by atoms with van der Waals surface area (Å²) < 4.78 is 10.8. The molecule has 0 saturated heterocycles. The van der Waals surface area contributed by atoms with Gasteiger partial charge < -0.3 is 14.5 Å². The molecule has 0 bridgehead atoms. The lowest BCUT2D eigenvalue weighted by molar-refractivity contribution is 0.0607. The molecule has 7 heteroatoms. The third kappa shape index (κ3) is 2.98. The van der Waals surface area contributed by atoms with E-state index in [1.165, 1.54) is 24.5 Å². The zero-order valence-electron chi connectivity index (χ0n) is 14.1. The van der Waals surface area contributed by atoms with E-state index in [4.69, 9.17) is 9.15 Å². The first-order valence-electron chi connectivity index (χ1n) is 8.02. The van der Waals surface area contributed by atoms with Gasteiger partial charge in [-0.05, 0) is 18.2 Å². The molecule has 0 saturated carbocycles. The van der Waals surface area contributed by atoms with E-state index in [2.05, 4.69) is 5.32 Å². The van der Waals surface area contributed by atoms with Crippen LogP contribution in [-0.2, 0) is 4.74 Å². The number of methoxy groups -OCH3 is 1. The molecular formula is C20H13NO5S. The van der Waals surface area contributed by atoms with E-state index in [0.29, 0.717) is 22.0 Å². The Morgan fingerprint density at radius 2 is 1.81 bits per heavy atom. The SMILES string of the molecule is COC(=O)c1sc2ccccc2c1NC(=O)c1cc2ccccc2oc1=O. The maximum absolute atomic E-state index is 12.8. The summed E-state index contributed by atoms with van der Waals surface area (Å²) in [6.07, 6.45) is 0. The number of nitrogens with one attached hydrogen (secondary N) is 1. The molecule has 2 aromatic heterocycles. The number of fused-ring (bicyclic) bond motifs is 2. The first-order valence-corrected chi connectivity index (χ1v) is 8.84. The van der Waals surface area contributed by atoms with Crippen LogP contribution in [0.25, 0.3) is 21.1 Å². The number of carbonyl (C=O) groups is 2. The molecule has 0 radical (unpaired) electrons. The van der Waals surface area contributed by atoms with Crippen LogP contribution in [-0.4, -0.2) is 19.0 Å². The third-order valence-electron chi connectivity index (χ3n) is 4.09. The van der Waals surface area contributed by atoms with Gasteiger partial charge in [0.05, 0.1) is 12.8 Å². The molecule has 1 N–H and O–H groups in total. The predicted octanol–water partition coefficient (Wildman–Crippen LogP) is 4.05. The van der Waals surface area contributed by atoms with Crippen LogP contribution >= 0.6 is 11.3 Å². The van der Waals surface area contributed by atoms with Gasteiger partial charge in [-0.25, -0.2) is 9.59 Å².